The molecule has 30 heavy (non-hydrogen) atoms. The van der Waals surface area contributed by atoms with Crippen LogP contribution in [0.2, 0.25) is 5.02 Å². The van der Waals surface area contributed by atoms with Gasteiger partial charge in [-0.05, 0) is 49.8 Å². The Morgan fingerprint density at radius 3 is 2.60 bits per heavy atom. The van der Waals surface area contributed by atoms with Crippen molar-refractivity contribution in [2.75, 3.05) is 27.7 Å². The molecule has 0 aliphatic rings. The molecule has 1 N–H and O–H groups in total. The monoisotopic (exact) mass is 444 g/mol. The molecule has 3 rings (SSSR count). The smallest absolute Gasteiger partial charge is 0.251 e. The average molecular weight is 445 g/mol. The van der Waals surface area contributed by atoms with E-state index in [1.165, 1.54) is 4.88 Å². The minimum atomic E-state index is -0.158. The molecule has 0 radical (unpaired) electrons. The largest absolute Gasteiger partial charge is 0.493 e. The lowest BCUT2D eigenvalue weighted by atomic mass is 10.1. The molecule has 0 saturated heterocycles. The van der Waals surface area contributed by atoms with Gasteiger partial charge >= 0.3 is 0 Å². The van der Waals surface area contributed by atoms with Crippen LogP contribution in [-0.2, 0) is 6.61 Å². The van der Waals surface area contributed by atoms with Crippen molar-refractivity contribution in [1.82, 2.24) is 10.2 Å². The predicted molar refractivity (Wildman–Crippen MR) is 122 cm³/mol. The molecule has 0 spiro atoms. The Labute approximate surface area is 186 Å². The van der Waals surface area contributed by atoms with E-state index in [2.05, 4.69) is 16.3 Å². The van der Waals surface area contributed by atoms with E-state index >= 15 is 0 Å². The molecule has 3 aromatic rings. The number of likely N-dealkylation sites (N-methyl/N-ethyl adjacent to an activating group) is 1. The van der Waals surface area contributed by atoms with Gasteiger partial charge in [0.2, 0.25) is 0 Å². The summed E-state index contributed by atoms with van der Waals surface area (Å²) in [5.74, 6) is 0.894. The van der Waals surface area contributed by atoms with Crippen LogP contribution < -0.4 is 14.8 Å². The maximum Gasteiger partial charge on any atom is 0.251 e. The minimum Gasteiger partial charge on any atom is -0.493 e. The van der Waals surface area contributed by atoms with Gasteiger partial charge in [-0.3, -0.25) is 4.79 Å². The van der Waals surface area contributed by atoms with Gasteiger partial charge in [-0.25, -0.2) is 0 Å². The summed E-state index contributed by atoms with van der Waals surface area (Å²) in [6, 6.07) is 16.9. The van der Waals surface area contributed by atoms with Crippen molar-refractivity contribution in [2.24, 2.45) is 0 Å². The quantitative estimate of drug-likeness (QED) is 0.503. The van der Waals surface area contributed by atoms with Crippen LogP contribution in [0.5, 0.6) is 11.5 Å². The summed E-state index contributed by atoms with van der Waals surface area (Å²) < 4.78 is 11.3. The summed E-state index contributed by atoms with van der Waals surface area (Å²) in [6.07, 6.45) is 0. The first-order valence-electron chi connectivity index (χ1n) is 9.52. The van der Waals surface area contributed by atoms with Crippen LogP contribution in [0.3, 0.4) is 0 Å². The summed E-state index contributed by atoms with van der Waals surface area (Å²) in [5, 5.41) is 5.71. The number of methoxy groups -OCH3 is 1. The van der Waals surface area contributed by atoms with Gasteiger partial charge in [-0.1, -0.05) is 35.9 Å². The highest BCUT2D eigenvalue weighted by molar-refractivity contribution is 7.10. The molecule has 1 heterocycles. The van der Waals surface area contributed by atoms with Crippen LogP contribution in [0.1, 0.15) is 26.8 Å². The number of benzene rings is 2. The fourth-order valence-corrected chi connectivity index (χ4v) is 4.12. The van der Waals surface area contributed by atoms with Gasteiger partial charge in [-0.2, -0.15) is 0 Å². The Morgan fingerprint density at radius 2 is 1.93 bits per heavy atom. The molecule has 5 nitrogen and oxygen atoms in total. The molecular formula is C23H25ClN2O3S. The van der Waals surface area contributed by atoms with Crippen molar-refractivity contribution in [2.45, 2.75) is 12.6 Å². The molecular weight excluding hydrogens is 420 g/mol. The molecule has 0 saturated carbocycles. The van der Waals surface area contributed by atoms with Crippen molar-refractivity contribution < 1.29 is 14.3 Å². The number of hydrogen-bond donors (Lipinski definition) is 1. The number of halogens is 1. The van der Waals surface area contributed by atoms with E-state index in [1.54, 1.807) is 36.6 Å². The number of carbonyl (C=O) groups excluding carboxylic acids is 1. The number of nitrogens with zero attached hydrogens (tertiary/aromatic N) is 1. The van der Waals surface area contributed by atoms with Gasteiger partial charge in [0.15, 0.2) is 11.5 Å². The first-order chi connectivity index (χ1) is 14.5. The lowest BCUT2D eigenvalue weighted by Crippen LogP contribution is -2.34. The normalized spacial score (nSPS) is 11.9. The lowest BCUT2D eigenvalue weighted by Gasteiger charge is -2.23. The topological polar surface area (TPSA) is 50.8 Å². The van der Waals surface area contributed by atoms with E-state index in [0.717, 1.165) is 5.56 Å². The number of amides is 1. The summed E-state index contributed by atoms with van der Waals surface area (Å²) in [6.45, 7) is 0.826. The number of rotatable bonds is 9. The van der Waals surface area contributed by atoms with Crippen LogP contribution in [0.15, 0.2) is 60.0 Å². The summed E-state index contributed by atoms with van der Waals surface area (Å²) in [4.78, 5) is 16.0. The van der Waals surface area contributed by atoms with E-state index < -0.39 is 0 Å². The predicted octanol–water partition coefficient (Wildman–Crippen LogP) is 5.02. The van der Waals surface area contributed by atoms with E-state index in [-0.39, 0.29) is 11.9 Å². The van der Waals surface area contributed by atoms with E-state index in [0.29, 0.717) is 35.2 Å². The van der Waals surface area contributed by atoms with Crippen molar-refractivity contribution in [3.63, 3.8) is 0 Å². The second-order valence-electron chi connectivity index (χ2n) is 6.95. The van der Waals surface area contributed by atoms with Gasteiger partial charge in [-0.15, -0.1) is 11.3 Å². The third-order valence-electron chi connectivity index (χ3n) is 4.72. The highest BCUT2D eigenvalue weighted by Gasteiger charge is 2.18. The summed E-state index contributed by atoms with van der Waals surface area (Å²) in [5.41, 5.74) is 1.40. The third kappa shape index (κ3) is 5.53. The molecule has 1 aromatic heterocycles. The molecule has 0 fully saturated rings. The summed E-state index contributed by atoms with van der Waals surface area (Å²) >= 11 is 7.86. The Hall–Kier alpha value is -2.54. The molecule has 0 bridgehead atoms. The van der Waals surface area contributed by atoms with Crippen LogP contribution >= 0.6 is 22.9 Å². The molecule has 0 aliphatic heterocycles. The number of carbonyl (C=O) groups is 1. The first kappa shape index (κ1) is 22.2. The van der Waals surface area contributed by atoms with Gasteiger partial charge in [0.1, 0.15) is 6.61 Å². The zero-order valence-electron chi connectivity index (χ0n) is 17.2. The maximum atomic E-state index is 12.7. The zero-order chi connectivity index (χ0) is 21.5. The highest BCUT2D eigenvalue weighted by Crippen LogP contribution is 2.30. The van der Waals surface area contributed by atoms with Crippen LogP contribution in [0.25, 0.3) is 0 Å². The average Bonchev–Trinajstić information content (AvgIpc) is 3.27. The molecule has 7 heteroatoms. The van der Waals surface area contributed by atoms with Crippen molar-refractivity contribution in [3.05, 3.63) is 81.0 Å². The number of ether oxygens (including phenoxy) is 2. The third-order valence-corrected chi connectivity index (χ3v) is 6.06. The molecule has 2 aromatic carbocycles. The minimum absolute atomic E-state index is 0.120. The first-order valence-corrected chi connectivity index (χ1v) is 10.8. The van der Waals surface area contributed by atoms with Crippen molar-refractivity contribution >= 4 is 28.8 Å². The second-order valence-corrected chi connectivity index (χ2v) is 8.34. The molecule has 1 atom stereocenters. The number of nitrogens with one attached hydrogen (secondary N) is 1. The number of hydrogen-bond acceptors (Lipinski definition) is 5. The van der Waals surface area contributed by atoms with Crippen LogP contribution in [0.4, 0.5) is 0 Å². The van der Waals surface area contributed by atoms with Gasteiger partial charge < -0.3 is 19.7 Å². The van der Waals surface area contributed by atoms with Crippen LogP contribution in [-0.4, -0.2) is 38.6 Å². The van der Waals surface area contributed by atoms with E-state index in [4.69, 9.17) is 21.1 Å². The second kappa shape index (κ2) is 10.5. The fraction of sp³-hybridized carbons (Fsp3) is 0.261. The van der Waals surface area contributed by atoms with Gasteiger partial charge in [0.05, 0.1) is 13.2 Å². The highest BCUT2D eigenvalue weighted by atomic mass is 35.5. The SMILES string of the molecule is COc1cc(C(=O)NC[C@@H](c2cccs2)N(C)C)ccc1OCc1ccccc1Cl. The van der Waals surface area contributed by atoms with Crippen LogP contribution in [0, 0.1) is 0 Å². The Kier molecular flexibility index (Phi) is 7.74. The van der Waals surface area contributed by atoms with Crippen molar-refractivity contribution in [3.8, 4) is 11.5 Å². The van der Waals surface area contributed by atoms with Gasteiger partial charge in [0.25, 0.3) is 5.91 Å². The Morgan fingerprint density at radius 1 is 1.13 bits per heavy atom. The van der Waals surface area contributed by atoms with E-state index in [9.17, 15) is 4.79 Å². The summed E-state index contributed by atoms with van der Waals surface area (Å²) in [7, 11) is 5.56. The lowest BCUT2D eigenvalue weighted by molar-refractivity contribution is 0.0942. The molecule has 0 unspecified atom stereocenters. The fourth-order valence-electron chi connectivity index (χ4n) is 3.01. The zero-order valence-corrected chi connectivity index (χ0v) is 18.8. The standard InChI is InChI=1S/C23H25ClN2O3S/c1-26(2)19(22-9-6-12-30-22)14-25-23(27)16-10-11-20(21(13-16)28-3)29-15-17-7-4-5-8-18(17)24/h4-13,19H,14-15H2,1-3H3,(H,25,27)/t19-/m0/s1. The molecule has 158 valence electrons. The molecule has 1 amide bonds. The Balaban J connectivity index is 1.66. The molecule has 0 aliphatic carbocycles. The van der Waals surface area contributed by atoms with E-state index in [1.807, 2.05) is 49.8 Å². The number of thiophene rings is 1. The van der Waals surface area contributed by atoms with Crippen molar-refractivity contribution in [1.29, 1.82) is 0 Å². The maximum absolute atomic E-state index is 12.7. The Bertz CT molecular complexity index is 976. The van der Waals surface area contributed by atoms with Gasteiger partial charge in [0, 0.05) is 27.6 Å².